The van der Waals surface area contributed by atoms with Gasteiger partial charge in [-0.25, -0.2) is 9.97 Å². The molecule has 0 saturated heterocycles. The van der Waals surface area contributed by atoms with Gasteiger partial charge < -0.3 is 5.32 Å². The first-order chi connectivity index (χ1) is 8.49. The van der Waals surface area contributed by atoms with Crippen molar-refractivity contribution in [2.45, 2.75) is 19.6 Å². The van der Waals surface area contributed by atoms with E-state index >= 15 is 0 Å². The van der Waals surface area contributed by atoms with Gasteiger partial charge in [-0.2, -0.15) is 18.3 Å². The molecule has 0 fully saturated rings. The molecule has 0 aliphatic carbocycles. The maximum Gasteiger partial charge on any atom is 0.433 e. The second-order valence-corrected chi connectivity index (χ2v) is 3.47. The molecule has 0 aliphatic rings. The number of alkyl halides is 3. The number of hydrogen-bond acceptors (Lipinski definition) is 4. The lowest BCUT2D eigenvalue weighted by molar-refractivity contribution is -0.141. The minimum Gasteiger partial charge on any atom is -0.321 e. The standard InChI is InChI=1S/C10H10F3N5/c1-2-18-6-7(5-15-18)16-9-14-4-3-8(17-9)10(11,12)13/h3-6H,2H2,1H3,(H,14,16,17). The van der Waals surface area contributed by atoms with Gasteiger partial charge in [-0.3, -0.25) is 4.68 Å². The van der Waals surface area contributed by atoms with Gasteiger partial charge in [0.25, 0.3) is 0 Å². The molecule has 2 rings (SSSR count). The summed E-state index contributed by atoms with van der Waals surface area (Å²) in [4.78, 5) is 7.11. The van der Waals surface area contributed by atoms with Crippen LogP contribution in [0.4, 0.5) is 24.8 Å². The van der Waals surface area contributed by atoms with Gasteiger partial charge in [-0.1, -0.05) is 0 Å². The third-order valence-corrected chi connectivity index (χ3v) is 2.16. The van der Waals surface area contributed by atoms with Crippen LogP contribution in [0.25, 0.3) is 0 Å². The Morgan fingerprint density at radius 1 is 1.39 bits per heavy atom. The van der Waals surface area contributed by atoms with Crippen LogP contribution >= 0.6 is 0 Å². The minimum absolute atomic E-state index is 0.111. The van der Waals surface area contributed by atoms with E-state index in [9.17, 15) is 13.2 Å². The molecule has 8 heteroatoms. The van der Waals surface area contributed by atoms with Crippen LogP contribution in [0, 0.1) is 0 Å². The molecule has 2 aromatic rings. The Balaban J connectivity index is 2.19. The number of nitrogens with one attached hydrogen (secondary N) is 1. The summed E-state index contributed by atoms with van der Waals surface area (Å²) < 4.78 is 38.9. The van der Waals surface area contributed by atoms with Crippen LogP contribution in [0.15, 0.2) is 24.7 Å². The molecule has 2 aromatic heterocycles. The highest BCUT2D eigenvalue weighted by Gasteiger charge is 2.32. The first kappa shape index (κ1) is 12.3. The van der Waals surface area contributed by atoms with E-state index in [4.69, 9.17) is 0 Å². The first-order valence-corrected chi connectivity index (χ1v) is 5.19. The average Bonchev–Trinajstić information content (AvgIpc) is 2.76. The fourth-order valence-electron chi connectivity index (χ4n) is 1.31. The SMILES string of the molecule is CCn1cc(Nc2nccc(C(F)(F)F)n2)cn1. The van der Waals surface area contributed by atoms with E-state index in [-0.39, 0.29) is 5.95 Å². The largest absolute Gasteiger partial charge is 0.433 e. The van der Waals surface area contributed by atoms with Gasteiger partial charge in [-0.05, 0) is 13.0 Å². The normalized spacial score (nSPS) is 11.6. The molecule has 0 aromatic carbocycles. The molecule has 96 valence electrons. The summed E-state index contributed by atoms with van der Waals surface area (Å²) in [6.07, 6.45) is -0.272. The predicted octanol–water partition coefficient (Wildman–Crippen LogP) is 2.46. The molecule has 0 spiro atoms. The summed E-state index contributed by atoms with van der Waals surface area (Å²) >= 11 is 0. The summed E-state index contributed by atoms with van der Waals surface area (Å²) in [7, 11) is 0. The molecule has 0 radical (unpaired) electrons. The van der Waals surface area contributed by atoms with Crippen molar-refractivity contribution in [3.8, 4) is 0 Å². The zero-order chi connectivity index (χ0) is 13.2. The number of rotatable bonds is 3. The van der Waals surface area contributed by atoms with Gasteiger partial charge in [0, 0.05) is 18.9 Å². The lowest BCUT2D eigenvalue weighted by atomic mass is 10.4. The highest BCUT2D eigenvalue weighted by Crippen LogP contribution is 2.27. The lowest BCUT2D eigenvalue weighted by Gasteiger charge is -2.07. The second-order valence-electron chi connectivity index (χ2n) is 3.47. The Bertz CT molecular complexity index is 534. The fraction of sp³-hybridized carbons (Fsp3) is 0.300. The summed E-state index contributed by atoms with van der Waals surface area (Å²) in [5.41, 5.74) is -0.445. The van der Waals surface area contributed by atoms with E-state index in [1.165, 1.54) is 6.20 Å². The van der Waals surface area contributed by atoms with Crippen molar-refractivity contribution < 1.29 is 13.2 Å². The molecule has 0 bridgehead atoms. The number of aromatic nitrogens is 4. The third-order valence-electron chi connectivity index (χ3n) is 2.16. The van der Waals surface area contributed by atoms with E-state index in [0.717, 1.165) is 12.3 Å². The Morgan fingerprint density at radius 3 is 2.78 bits per heavy atom. The van der Waals surface area contributed by atoms with E-state index in [1.54, 1.807) is 10.9 Å². The molecule has 0 amide bonds. The maximum absolute atomic E-state index is 12.4. The Kier molecular flexibility index (Phi) is 3.17. The Morgan fingerprint density at radius 2 is 2.17 bits per heavy atom. The van der Waals surface area contributed by atoms with Gasteiger partial charge in [0.15, 0.2) is 0 Å². The number of hydrogen-bond donors (Lipinski definition) is 1. The third kappa shape index (κ3) is 2.76. The van der Waals surface area contributed by atoms with Crippen molar-refractivity contribution in [1.29, 1.82) is 0 Å². The average molecular weight is 257 g/mol. The van der Waals surface area contributed by atoms with Crippen molar-refractivity contribution in [2.24, 2.45) is 0 Å². The molecule has 1 N–H and O–H groups in total. The zero-order valence-corrected chi connectivity index (χ0v) is 9.44. The Labute approximate surface area is 101 Å². The van der Waals surface area contributed by atoms with E-state index in [1.807, 2.05) is 6.92 Å². The number of nitrogens with zero attached hydrogens (tertiary/aromatic N) is 4. The summed E-state index contributed by atoms with van der Waals surface area (Å²) in [6.45, 7) is 2.57. The minimum atomic E-state index is -4.48. The van der Waals surface area contributed by atoms with Gasteiger partial charge >= 0.3 is 6.18 Å². The van der Waals surface area contributed by atoms with Crippen molar-refractivity contribution in [3.63, 3.8) is 0 Å². The fourth-order valence-corrected chi connectivity index (χ4v) is 1.31. The predicted molar refractivity (Wildman–Crippen MR) is 58.2 cm³/mol. The van der Waals surface area contributed by atoms with Gasteiger partial charge in [0.05, 0.1) is 11.9 Å². The topological polar surface area (TPSA) is 55.6 Å². The maximum atomic E-state index is 12.4. The number of aryl methyl sites for hydroxylation is 1. The van der Waals surface area contributed by atoms with Crippen molar-refractivity contribution in [1.82, 2.24) is 19.7 Å². The zero-order valence-electron chi connectivity index (χ0n) is 9.44. The van der Waals surface area contributed by atoms with Crippen LogP contribution in [-0.4, -0.2) is 19.7 Å². The molecule has 0 aliphatic heterocycles. The number of halogens is 3. The number of anilines is 2. The van der Waals surface area contributed by atoms with E-state index in [0.29, 0.717) is 12.2 Å². The highest BCUT2D eigenvalue weighted by molar-refractivity contribution is 5.50. The van der Waals surface area contributed by atoms with Crippen molar-refractivity contribution >= 4 is 11.6 Å². The van der Waals surface area contributed by atoms with Crippen LogP contribution in [-0.2, 0) is 12.7 Å². The smallest absolute Gasteiger partial charge is 0.321 e. The van der Waals surface area contributed by atoms with E-state index < -0.39 is 11.9 Å². The molecule has 0 unspecified atom stereocenters. The molecule has 5 nitrogen and oxygen atoms in total. The molecule has 18 heavy (non-hydrogen) atoms. The van der Waals surface area contributed by atoms with Crippen LogP contribution in [0.5, 0.6) is 0 Å². The summed E-state index contributed by atoms with van der Waals surface area (Å²) in [5, 5.41) is 6.64. The van der Waals surface area contributed by atoms with Gasteiger partial charge in [0.2, 0.25) is 5.95 Å². The van der Waals surface area contributed by atoms with Crippen molar-refractivity contribution in [3.05, 3.63) is 30.4 Å². The van der Waals surface area contributed by atoms with Crippen LogP contribution in [0.2, 0.25) is 0 Å². The summed E-state index contributed by atoms with van der Waals surface area (Å²) in [5.74, 6) is -0.111. The molecular formula is C10H10F3N5. The van der Waals surface area contributed by atoms with Crippen molar-refractivity contribution in [2.75, 3.05) is 5.32 Å². The quantitative estimate of drug-likeness (QED) is 0.917. The van der Waals surface area contributed by atoms with E-state index in [2.05, 4.69) is 20.4 Å². The van der Waals surface area contributed by atoms with Crippen LogP contribution < -0.4 is 5.32 Å². The monoisotopic (exact) mass is 257 g/mol. The lowest BCUT2D eigenvalue weighted by Crippen LogP contribution is -2.09. The van der Waals surface area contributed by atoms with Crippen LogP contribution in [0.1, 0.15) is 12.6 Å². The van der Waals surface area contributed by atoms with Gasteiger partial charge in [-0.15, -0.1) is 0 Å². The first-order valence-electron chi connectivity index (χ1n) is 5.19. The molecular weight excluding hydrogens is 247 g/mol. The van der Waals surface area contributed by atoms with Crippen LogP contribution in [0.3, 0.4) is 0 Å². The summed E-state index contributed by atoms with van der Waals surface area (Å²) in [6, 6.07) is 0.820. The second kappa shape index (κ2) is 4.63. The molecule has 2 heterocycles. The van der Waals surface area contributed by atoms with Gasteiger partial charge in [0.1, 0.15) is 5.69 Å². The molecule has 0 atom stereocenters. The highest BCUT2D eigenvalue weighted by atomic mass is 19.4. The Hall–Kier alpha value is -2.12. The molecule has 0 saturated carbocycles.